The quantitative estimate of drug-likeness (QED) is 0.820. The molecule has 0 saturated carbocycles. The van der Waals surface area contributed by atoms with E-state index in [4.69, 9.17) is 0 Å². The summed E-state index contributed by atoms with van der Waals surface area (Å²) in [5, 5.41) is 12.7. The van der Waals surface area contributed by atoms with Crippen molar-refractivity contribution in [2.75, 3.05) is 5.32 Å². The number of amides is 1. The molecule has 0 unspecified atom stereocenters. The van der Waals surface area contributed by atoms with Crippen molar-refractivity contribution >= 4 is 23.1 Å². The van der Waals surface area contributed by atoms with Crippen LogP contribution in [0.15, 0.2) is 60.2 Å². The van der Waals surface area contributed by atoms with Gasteiger partial charge in [-0.2, -0.15) is 0 Å². The SMILES string of the molecule is O=C(Nc1ccccc1)C1=C(O)c2ccccc2C1=O. The van der Waals surface area contributed by atoms with Crippen LogP contribution in [0, 0.1) is 0 Å². The van der Waals surface area contributed by atoms with Gasteiger partial charge in [0, 0.05) is 16.8 Å². The average molecular weight is 265 g/mol. The van der Waals surface area contributed by atoms with Crippen LogP contribution in [-0.2, 0) is 4.79 Å². The Bertz CT molecular complexity index is 732. The molecular formula is C16H11NO3. The van der Waals surface area contributed by atoms with Gasteiger partial charge < -0.3 is 10.4 Å². The van der Waals surface area contributed by atoms with Crippen molar-refractivity contribution in [3.63, 3.8) is 0 Å². The van der Waals surface area contributed by atoms with E-state index in [1.165, 1.54) is 0 Å². The van der Waals surface area contributed by atoms with Crippen LogP contribution in [0.4, 0.5) is 5.69 Å². The van der Waals surface area contributed by atoms with E-state index in [0.717, 1.165) is 0 Å². The van der Waals surface area contributed by atoms with Gasteiger partial charge in [0.05, 0.1) is 0 Å². The normalized spacial score (nSPS) is 13.3. The van der Waals surface area contributed by atoms with Gasteiger partial charge in [-0.15, -0.1) is 0 Å². The molecule has 0 fully saturated rings. The number of aliphatic hydroxyl groups is 1. The van der Waals surface area contributed by atoms with Crippen LogP contribution in [0.5, 0.6) is 0 Å². The highest BCUT2D eigenvalue weighted by Gasteiger charge is 2.33. The minimum Gasteiger partial charge on any atom is -0.506 e. The van der Waals surface area contributed by atoms with E-state index >= 15 is 0 Å². The Balaban J connectivity index is 1.94. The summed E-state index contributed by atoms with van der Waals surface area (Å²) in [5.74, 6) is -1.32. The molecule has 2 aromatic carbocycles. The van der Waals surface area contributed by atoms with Crippen molar-refractivity contribution in [1.29, 1.82) is 0 Å². The molecule has 98 valence electrons. The van der Waals surface area contributed by atoms with Crippen molar-refractivity contribution in [1.82, 2.24) is 0 Å². The maximum Gasteiger partial charge on any atom is 0.263 e. The van der Waals surface area contributed by atoms with E-state index in [1.807, 2.05) is 6.07 Å². The molecule has 0 bridgehead atoms. The van der Waals surface area contributed by atoms with E-state index in [-0.39, 0.29) is 11.3 Å². The summed E-state index contributed by atoms with van der Waals surface area (Å²) in [4.78, 5) is 24.3. The number of fused-ring (bicyclic) bond motifs is 1. The molecule has 0 heterocycles. The molecule has 0 radical (unpaired) electrons. The number of carbonyl (C=O) groups excluding carboxylic acids is 2. The van der Waals surface area contributed by atoms with E-state index in [9.17, 15) is 14.7 Å². The fraction of sp³-hybridized carbons (Fsp3) is 0. The number of Topliss-reactive ketones (excluding diaryl/α,β-unsaturated/α-hetero) is 1. The summed E-state index contributed by atoms with van der Waals surface area (Å²) in [5.41, 5.74) is 1.11. The number of benzene rings is 2. The van der Waals surface area contributed by atoms with Gasteiger partial charge in [0.15, 0.2) is 0 Å². The Labute approximate surface area is 115 Å². The zero-order valence-corrected chi connectivity index (χ0v) is 10.5. The molecule has 3 rings (SSSR count). The number of hydrogen-bond acceptors (Lipinski definition) is 3. The monoisotopic (exact) mass is 265 g/mol. The summed E-state index contributed by atoms with van der Waals surface area (Å²) >= 11 is 0. The van der Waals surface area contributed by atoms with Gasteiger partial charge in [-0.25, -0.2) is 0 Å². The number of anilines is 1. The van der Waals surface area contributed by atoms with Crippen LogP contribution < -0.4 is 5.32 Å². The first kappa shape index (κ1) is 12.2. The molecule has 1 aliphatic carbocycles. The van der Waals surface area contributed by atoms with Crippen LogP contribution in [0.1, 0.15) is 15.9 Å². The van der Waals surface area contributed by atoms with E-state index < -0.39 is 11.7 Å². The van der Waals surface area contributed by atoms with Crippen molar-refractivity contribution in [3.05, 3.63) is 71.3 Å². The Kier molecular flexibility index (Phi) is 2.84. The summed E-state index contributed by atoms with van der Waals surface area (Å²) in [7, 11) is 0. The average Bonchev–Trinajstić information content (AvgIpc) is 2.72. The molecule has 4 heteroatoms. The second-order valence-corrected chi connectivity index (χ2v) is 4.42. The molecule has 0 aliphatic heterocycles. The lowest BCUT2D eigenvalue weighted by Gasteiger charge is -2.05. The van der Waals surface area contributed by atoms with E-state index in [0.29, 0.717) is 16.8 Å². The first-order chi connectivity index (χ1) is 9.68. The van der Waals surface area contributed by atoms with Gasteiger partial charge in [0.2, 0.25) is 5.78 Å². The third-order valence-corrected chi connectivity index (χ3v) is 3.15. The van der Waals surface area contributed by atoms with Gasteiger partial charge >= 0.3 is 0 Å². The largest absolute Gasteiger partial charge is 0.506 e. The lowest BCUT2D eigenvalue weighted by Crippen LogP contribution is -2.19. The predicted octanol–water partition coefficient (Wildman–Crippen LogP) is 2.79. The van der Waals surface area contributed by atoms with Gasteiger partial charge in [0.25, 0.3) is 5.91 Å². The van der Waals surface area contributed by atoms with Crippen LogP contribution in [0.25, 0.3) is 5.76 Å². The number of para-hydroxylation sites is 1. The smallest absolute Gasteiger partial charge is 0.263 e. The second-order valence-electron chi connectivity index (χ2n) is 4.42. The Morgan fingerprint density at radius 3 is 2.15 bits per heavy atom. The summed E-state index contributed by atoms with van der Waals surface area (Å²) < 4.78 is 0. The molecule has 20 heavy (non-hydrogen) atoms. The fourth-order valence-electron chi connectivity index (χ4n) is 2.19. The second kappa shape index (κ2) is 4.66. The van der Waals surface area contributed by atoms with Crippen molar-refractivity contribution in [2.45, 2.75) is 0 Å². The number of rotatable bonds is 2. The van der Waals surface area contributed by atoms with Gasteiger partial charge in [-0.3, -0.25) is 9.59 Å². The summed E-state index contributed by atoms with van der Waals surface area (Å²) in [6.45, 7) is 0. The number of carbonyl (C=O) groups is 2. The maximum absolute atomic E-state index is 12.2. The maximum atomic E-state index is 12.2. The number of nitrogens with one attached hydrogen (secondary N) is 1. The highest BCUT2D eigenvalue weighted by molar-refractivity contribution is 6.36. The molecule has 0 aromatic heterocycles. The molecule has 2 N–H and O–H groups in total. The predicted molar refractivity (Wildman–Crippen MR) is 75.4 cm³/mol. The molecule has 1 amide bonds. The van der Waals surface area contributed by atoms with E-state index in [2.05, 4.69) is 5.32 Å². The number of ketones is 1. The minimum absolute atomic E-state index is 0.213. The third-order valence-electron chi connectivity index (χ3n) is 3.15. The Hall–Kier alpha value is -2.88. The highest BCUT2D eigenvalue weighted by Crippen LogP contribution is 2.31. The van der Waals surface area contributed by atoms with Crippen molar-refractivity contribution in [2.24, 2.45) is 0 Å². The summed E-state index contributed by atoms with van der Waals surface area (Å²) in [6.07, 6.45) is 0. The lowest BCUT2D eigenvalue weighted by atomic mass is 10.1. The minimum atomic E-state index is -0.602. The van der Waals surface area contributed by atoms with Crippen molar-refractivity contribution < 1.29 is 14.7 Å². The first-order valence-electron chi connectivity index (χ1n) is 6.12. The van der Waals surface area contributed by atoms with Crippen LogP contribution in [-0.4, -0.2) is 16.8 Å². The molecule has 1 aliphatic rings. The summed E-state index contributed by atoms with van der Waals surface area (Å²) in [6, 6.07) is 15.4. The molecule has 0 atom stereocenters. The zero-order chi connectivity index (χ0) is 14.1. The Morgan fingerprint density at radius 2 is 1.50 bits per heavy atom. The van der Waals surface area contributed by atoms with Gasteiger partial charge in [-0.05, 0) is 12.1 Å². The molecular weight excluding hydrogens is 254 g/mol. The molecule has 0 saturated heterocycles. The number of hydrogen-bond donors (Lipinski definition) is 2. The lowest BCUT2D eigenvalue weighted by molar-refractivity contribution is -0.112. The molecule has 0 spiro atoms. The number of aliphatic hydroxyl groups excluding tert-OH is 1. The van der Waals surface area contributed by atoms with Gasteiger partial charge in [0.1, 0.15) is 11.3 Å². The Morgan fingerprint density at radius 1 is 0.900 bits per heavy atom. The highest BCUT2D eigenvalue weighted by atomic mass is 16.3. The zero-order valence-electron chi connectivity index (χ0n) is 10.5. The van der Waals surface area contributed by atoms with E-state index in [1.54, 1.807) is 48.5 Å². The molecule has 4 nitrogen and oxygen atoms in total. The molecule has 2 aromatic rings. The standard InChI is InChI=1S/C16H11NO3/c18-14-11-8-4-5-9-12(11)15(19)13(14)16(20)17-10-6-2-1-3-7-10/h1-9,18H,(H,17,20). The van der Waals surface area contributed by atoms with Crippen LogP contribution in [0.2, 0.25) is 0 Å². The van der Waals surface area contributed by atoms with Crippen LogP contribution in [0.3, 0.4) is 0 Å². The third kappa shape index (κ3) is 1.87. The van der Waals surface area contributed by atoms with Crippen LogP contribution >= 0.6 is 0 Å². The first-order valence-corrected chi connectivity index (χ1v) is 6.12. The van der Waals surface area contributed by atoms with Gasteiger partial charge in [-0.1, -0.05) is 42.5 Å². The van der Waals surface area contributed by atoms with Crippen molar-refractivity contribution in [3.8, 4) is 0 Å². The fourth-order valence-corrected chi connectivity index (χ4v) is 2.19. The topological polar surface area (TPSA) is 66.4 Å².